The van der Waals surface area contributed by atoms with Gasteiger partial charge in [-0.2, -0.15) is 0 Å². The topological polar surface area (TPSA) is 61.4 Å². The van der Waals surface area contributed by atoms with Crippen molar-refractivity contribution in [2.75, 3.05) is 5.32 Å². The van der Waals surface area contributed by atoms with E-state index in [0.29, 0.717) is 17.8 Å². The van der Waals surface area contributed by atoms with E-state index in [-0.39, 0.29) is 17.6 Å². The van der Waals surface area contributed by atoms with Crippen LogP contribution in [-0.4, -0.2) is 23.1 Å². The number of hydrogen-bond acceptors (Lipinski definition) is 3. The summed E-state index contributed by atoms with van der Waals surface area (Å²) in [6.07, 6.45) is 3.19. The maximum atomic E-state index is 12.1. The van der Waals surface area contributed by atoms with Crippen LogP contribution in [0.4, 0.5) is 5.69 Å². The number of anilines is 1. The molecule has 4 heteroatoms. The Morgan fingerprint density at radius 1 is 1.35 bits per heavy atom. The smallest absolute Gasteiger partial charge is 0.229 e. The van der Waals surface area contributed by atoms with Crippen LogP contribution < -0.4 is 10.6 Å². The van der Waals surface area contributed by atoms with E-state index in [0.717, 1.165) is 12.8 Å². The highest BCUT2D eigenvalue weighted by molar-refractivity contribution is 5.94. The minimum absolute atomic E-state index is 0.0196. The van der Waals surface area contributed by atoms with Gasteiger partial charge in [0.1, 0.15) is 5.75 Å². The van der Waals surface area contributed by atoms with E-state index >= 15 is 0 Å². The van der Waals surface area contributed by atoms with Gasteiger partial charge in [-0.25, -0.2) is 0 Å². The summed E-state index contributed by atoms with van der Waals surface area (Å²) >= 11 is 0. The second-order valence-electron chi connectivity index (χ2n) is 4.90. The lowest BCUT2D eigenvalue weighted by molar-refractivity contribution is -0.120. The first-order valence-corrected chi connectivity index (χ1v) is 6.09. The predicted molar refractivity (Wildman–Crippen MR) is 64.8 cm³/mol. The molecule has 0 aliphatic carbocycles. The highest BCUT2D eigenvalue weighted by Gasteiger charge is 2.42. The largest absolute Gasteiger partial charge is 0.506 e. The number of rotatable bonds is 2. The Morgan fingerprint density at radius 2 is 2.18 bits per heavy atom. The van der Waals surface area contributed by atoms with Crippen molar-refractivity contribution < 1.29 is 9.90 Å². The van der Waals surface area contributed by atoms with Crippen molar-refractivity contribution in [3.05, 3.63) is 24.3 Å². The van der Waals surface area contributed by atoms with E-state index in [2.05, 4.69) is 10.6 Å². The third-order valence-electron chi connectivity index (χ3n) is 3.80. The molecule has 2 aliphatic heterocycles. The Bertz CT molecular complexity index is 447. The van der Waals surface area contributed by atoms with E-state index in [1.54, 1.807) is 24.3 Å². The number of phenolic OH excluding ortho intramolecular Hbond substituents is 1. The maximum absolute atomic E-state index is 12.1. The molecule has 4 nitrogen and oxygen atoms in total. The van der Waals surface area contributed by atoms with E-state index in [1.807, 2.05) is 0 Å². The zero-order valence-electron chi connectivity index (χ0n) is 9.52. The van der Waals surface area contributed by atoms with Gasteiger partial charge in [-0.1, -0.05) is 12.1 Å². The first-order chi connectivity index (χ1) is 8.24. The molecule has 3 rings (SSSR count). The average molecular weight is 232 g/mol. The van der Waals surface area contributed by atoms with Gasteiger partial charge in [-0.15, -0.1) is 0 Å². The third kappa shape index (κ3) is 1.89. The summed E-state index contributed by atoms with van der Waals surface area (Å²) in [7, 11) is 0. The Balaban J connectivity index is 1.70. The Kier molecular flexibility index (Phi) is 2.52. The molecule has 2 aliphatic rings. The molecule has 90 valence electrons. The molecule has 1 aromatic carbocycles. The molecule has 0 aromatic heterocycles. The fourth-order valence-electron chi connectivity index (χ4n) is 2.92. The number of aromatic hydroxyl groups is 1. The van der Waals surface area contributed by atoms with E-state index in [1.165, 1.54) is 6.42 Å². The molecule has 2 fully saturated rings. The highest BCUT2D eigenvalue weighted by Crippen LogP contribution is 2.34. The Hall–Kier alpha value is -1.55. The van der Waals surface area contributed by atoms with Crippen molar-refractivity contribution >= 4 is 11.6 Å². The van der Waals surface area contributed by atoms with Crippen molar-refractivity contribution in [1.82, 2.24) is 5.32 Å². The molecule has 3 atom stereocenters. The number of hydrogen-bond donors (Lipinski definition) is 3. The van der Waals surface area contributed by atoms with Gasteiger partial charge in [-0.05, 0) is 31.4 Å². The van der Waals surface area contributed by atoms with Gasteiger partial charge in [0, 0.05) is 12.1 Å². The number of benzene rings is 1. The molecule has 17 heavy (non-hydrogen) atoms. The van der Waals surface area contributed by atoms with Crippen LogP contribution in [0.3, 0.4) is 0 Å². The van der Waals surface area contributed by atoms with Crippen LogP contribution >= 0.6 is 0 Å². The summed E-state index contributed by atoms with van der Waals surface area (Å²) in [5.41, 5.74) is 0.500. The molecule has 3 unspecified atom stereocenters. The van der Waals surface area contributed by atoms with E-state index < -0.39 is 0 Å². The minimum Gasteiger partial charge on any atom is -0.506 e. The number of amides is 1. The first-order valence-electron chi connectivity index (χ1n) is 6.09. The number of nitrogens with one attached hydrogen (secondary N) is 2. The van der Waals surface area contributed by atoms with Crippen LogP contribution in [0, 0.1) is 5.92 Å². The summed E-state index contributed by atoms with van der Waals surface area (Å²) in [6, 6.07) is 7.67. The molecule has 0 radical (unpaired) electrons. The summed E-state index contributed by atoms with van der Waals surface area (Å²) in [5, 5.41) is 15.8. The molecule has 0 spiro atoms. The monoisotopic (exact) mass is 232 g/mol. The maximum Gasteiger partial charge on any atom is 0.229 e. The lowest BCUT2D eigenvalue weighted by Gasteiger charge is -2.19. The minimum atomic E-state index is 0.0196. The van der Waals surface area contributed by atoms with Crippen molar-refractivity contribution in [1.29, 1.82) is 0 Å². The van der Waals surface area contributed by atoms with Crippen molar-refractivity contribution in [3.63, 3.8) is 0 Å². The van der Waals surface area contributed by atoms with Gasteiger partial charge in [0.25, 0.3) is 0 Å². The van der Waals surface area contributed by atoms with Crippen LogP contribution in [0.1, 0.15) is 19.3 Å². The van der Waals surface area contributed by atoms with Crippen molar-refractivity contribution in [2.45, 2.75) is 31.3 Å². The molecule has 2 bridgehead atoms. The molecule has 1 amide bonds. The normalized spacial score (nSPS) is 30.5. The molecule has 3 N–H and O–H groups in total. The summed E-state index contributed by atoms with van der Waals surface area (Å²) < 4.78 is 0. The Labute approximate surface area is 100 Å². The van der Waals surface area contributed by atoms with Gasteiger partial charge in [-0.3, -0.25) is 4.79 Å². The summed E-state index contributed by atoms with van der Waals surface area (Å²) in [5.74, 6) is 0.191. The quantitative estimate of drug-likeness (QED) is 0.677. The predicted octanol–water partition coefficient (Wildman–Crippen LogP) is 1.47. The first kappa shape index (κ1) is 10.6. The van der Waals surface area contributed by atoms with E-state index in [9.17, 15) is 9.90 Å². The fourth-order valence-corrected chi connectivity index (χ4v) is 2.92. The standard InChI is InChI=1S/C13H16N2O2/c16-12-4-2-1-3-11(12)15-13(17)9-7-8-5-6-10(9)14-8/h1-4,8-10,14,16H,5-7H2,(H,15,17). The van der Waals surface area contributed by atoms with Gasteiger partial charge in [0.05, 0.1) is 11.6 Å². The number of carbonyl (C=O) groups excluding carboxylic acids is 1. The van der Waals surface area contributed by atoms with Crippen LogP contribution in [0.15, 0.2) is 24.3 Å². The number of phenols is 1. The van der Waals surface area contributed by atoms with Crippen molar-refractivity contribution in [3.8, 4) is 5.75 Å². The second-order valence-corrected chi connectivity index (χ2v) is 4.90. The Morgan fingerprint density at radius 3 is 2.82 bits per heavy atom. The third-order valence-corrected chi connectivity index (χ3v) is 3.80. The molecule has 2 heterocycles. The second kappa shape index (κ2) is 4.04. The molecular formula is C13H16N2O2. The fraction of sp³-hybridized carbons (Fsp3) is 0.462. The van der Waals surface area contributed by atoms with Crippen LogP contribution in [0.25, 0.3) is 0 Å². The van der Waals surface area contributed by atoms with Crippen LogP contribution in [0.5, 0.6) is 5.75 Å². The summed E-state index contributed by atoms with van der Waals surface area (Å²) in [4.78, 5) is 12.1. The lowest BCUT2D eigenvalue weighted by atomic mass is 9.88. The molecule has 0 saturated carbocycles. The average Bonchev–Trinajstić information content (AvgIpc) is 2.94. The van der Waals surface area contributed by atoms with Gasteiger partial charge in [0.15, 0.2) is 0 Å². The lowest BCUT2D eigenvalue weighted by Crippen LogP contribution is -2.32. The van der Waals surface area contributed by atoms with Crippen LogP contribution in [0.2, 0.25) is 0 Å². The number of para-hydroxylation sites is 2. The van der Waals surface area contributed by atoms with Crippen molar-refractivity contribution in [2.24, 2.45) is 5.92 Å². The number of fused-ring (bicyclic) bond motifs is 2. The van der Waals surface area contributed by atoms with E-state index in [4.69, 9.17) is 0 Å². The number of carbonyl (C=O) groups is 1. The summed E-state index contributed by atoms with van der Waals surface area (Å²) in [6.45, 7) is 0. The van der Waals surface area contributed by atoms with Gasteiger partial charge >= 0.3 is 0 Å². The zero-order chi connectivity index (χ0) is 11.8. The SMILES string of the molecule is O=C(Nc1ccccc1O)C1CC2CCC1N2. The van der Waals surface area contributed by atoms with Gasteiger partial charge < -0.3 is 15.7 Å². The molecule has 1 aromatic rings. The molecular weight excluding hydrogens is 216 g/mol. The zero-order valence-corrected chi connectivity index (χ0v) is 9.52. The molecule has 2 saturated heterocycles. The van der Waals surface area contributed by atoms with Crippen LogP contribution in [-0.2, 0) is 4.79 Å². The highest BCUT2D eigenvalue weighted by atomic mass is 16.3. The van der Waals surface area contributed by atoms with Gasteiger partial charge in [0.2, 0.25) is 5.91 Å².